The first-order valence-corrected chi connectivity index (χ1v) is 9.67. The average Bonchev–Trinajstić information content (AvgIpc) is 2.60. The van der Waals surface area contributed by atoms with Crippen LogP contribution in [0.2, 0.25) is 0 Å². The van der Waals surface area contributed by atoms with Gasteiger partial charge in [-0.15, -0.1) is 0 Å². The van der Waals surface area contributed by atoms with E-state index in [0.29, 0.717) is 30.6 Å². The SMILES string of the molecule is CCCc1ccc(C(=O)N2CCC[C@@H](NC(=O)OC(C)(C)C)C2)cc1[N+](=O)[O-]. The first-order valence-electron chi connectivity index (χ1n) is 9.67. The number of hydrogen-bond acceptors (Lipinski definition) is 5. The lowest BCUT2D eigenvalue weighted by Gasteiger charge is -2.33. The zero-order valence-electron chi connectivity index (χ0n) is 17.0. The number of nitrogens with one attached hydrogen (secondary N) is 1. The fourth-order valence-electron chi connectivity index (χ4n) is 3.28. The van der Waals surface area contributed by atoms with Crippen molar-refractivity contribution < 1.29 is 19.2 Å². The number of aryl methyl sites for hydroxylation is 1. The molecule has 0 bridgehead atoms. The number of likely N-dealkylation sites (tertiary alicyclic amines) is 1. The zero-order chi connectivity index (χ0) is 20.9. The summed E-state index contributed by atoms with van der Waals surface area (Å²) in [4.78, 5) is 37.4. The number of rotatable bonds is 5. The summed E-state index contributed by atoms with van der Waals surface area (Å²) >= 11 is 0. The van der Waals surface area contributed by atoms with Gasteiger partial charge in [0.1, 0.15) is 5.60 Å². The van der Waals surface area contributed by atoms with E-state index in [-0.39, 0.29) is 17.6 Å². The molecule has 1 saturated heterocycles. The van der Waals surface area contributed by atoms with Crippen molar-refractivity contribution in [2.75, 3.05) is 13.1 Å². The van der Waals surface area contributed by atoms with Crippen LogP contribution in [0, 0.1) is 10.1 Å². The Kier molecular flexibility index (Phi) is 6.99. The highest BCUT2D eigenvalue weighted by molar-refractivity contribution is 5.95. The van der Waals surface area contributed by atoms with Gasteiger partial charge in [0.15, 0.2) is 0 Å². The number of nitrogens with zero attached hydrogens (tertiary/aromatic N) is 2. The highest BCUT2D eigenvalue weighted by Crippen LogP contribution is 2.24. The number of nitro groups is 1. The Morgan fingerprint density at radius 1 is 1.36 bits per heavy atom. The lowest BCUT2D eigenvalue weighted by Crippen LogP contribution is -2.50. The van der Waals surface area contributed by atoms with Crippen molar-refractivity contribution in [2.45, 2.75) is 65.0 Å². The molecule has 1 aliphatic rings. The molecule has 2 amide bonds. The number of piperidine rings is 1. The van der Waals surface area contributed by atoms with Crippen molar-refractivity contribution in [1.82, 2.24) is 10.2 Å². The zero-order valence-corrected chi connectivity index (χ0v) is 17.0. The molecular formula is C20H29N3O5. The lowest BCUT2D eigenvalue weighted by atomic mass is 10.0. The van der Waals surface area contributed by atoms with Gasteiger partial charge in [0.05, 0.1) is 4.92 Å². The largest absolute Gasteiger partial charge is 0.444 e. The van der Waals surface area contributed by atoms with Crippen molar-refractivity contribution >= 4 is 17.7 Å². The molecule has 0 saturated carbocycles. The Labute approximate surface area is 165 Å². The Balaban J connectivity index is 2.08. The lowest BCUT2D eigenvalue weighted by molar-refractivity contribution is -0.385. The maximum absolute atomic E-state index is 12.9. The van der Waals surface area contributed by atoms with Crippen LogP contribution in [-0.4, -0.2) is 46.6 Å². The summed E-state index contributed by atoms with van der Waals surface area (Å²) in [5, 5.41) is 14.2. The monoisotopic (exact) mass is 391 g/mol. The number of nitro benzene ring substituents is 1. The van der Waals surface area contributed by atoms with E-state index in [1.165, 1.54) is 6.07 Å². The van der Waals surface area contributed by atoms with Crippen LogP contribution >= 0.6 is 0 Å². The second kappa shape index (κ2) is 9.03. The summed E-state index contributed by atoms with van der Waals surface area (Å²) in [7, 11) is 0. The molecule has 1 fully saturated rings. The molecule has 2 rings (SSSR count). The Morgan fingerprint density at radius 3 is 2.68 bits per heavy atom. The molecule has 1 aromatic carbocycles. The van der Waals surface area contributed by atoms with Gasteiger partial charge < -0.3 is 15.0 Å². The highest BCUT2D eigenvalue weighted by atomic mass is 16.6. The molecule has 1 aromatic rings. The molecule has 1 heterocycles. The van der Waals surface area contributed by atoms with Gasteiger partial charge in [0, 0.05) is 36.3 Å². The number of carbonyl (C=O) groups excluding carboxylic acids is 2. The molecule has 0 aromatic heterocycles. The van der Waals surface area contributed by atoms with E-state index in [0.717, 1.165) is 19.3 Å². The summed E-state index contributed by atoms with van der Waals surface area (Å²) in [6.45, 7) is 8.22. The van der Waals surface area contributed by atoms with Crippen molar-refractivity contribution in [3.63, 3.8) is 0 Å². The van der Waals surface area contributed by atoms with Crippen molar-refractivity contribution in [3.05, 3.63) is 39.4 Å². The second-order valence-electron chi connectivity index (χ2n) is 8.09. The molecule has 8 heteroatoms. The Hall–Kier alpha value is -2.64. The third kappa shape index (κ3) is 5.94. The van der Waals surface area contributed by atoms with Crippen LogP contribution in [0.5, 0.6) is 0 Å². The van der Waals surface area contributed by atoms with Crippen LogP contribution in [-0.2, 0) is 11.2 Å². The summed E-state index contributed by atoms with van der Waals surface area (Å²) in [6.07, 6.45) is 2.36. The summed E-state index contributed by atoms with van der Waals surface area (Å²) < 4.78 is 5.27. The quantitative estimate of drug-likeness (QED) is 0.609. The van der Waals surface area contributed by atoms with Gasteiger partial charge in [-0.2, -0.15) is 0 Å². The fraction of sp³-hybridized carbons (Fsp3) is 0.600. The summed E-state index contributed by atoms with van der Waals surface area (Å²) in [5.74, 6) is -0.262. The first kappa shape index (κ1) is 21.7. The highest BCUT2D eigenvalue weighted by Gasteiger charge is 2.28. The molecule has 1 atom stereocenters. The number of amides is 2. The van der Waals surface area contributed by atoms with Crippen molar-refractivity contribution in [3.8, 4) is 0 Å². The number of hydrogen-bond donors (Lipinski definition) is 1. The summed E-state index contributed by atoms with van der Waals surface area (Å²) in [5.41, 5.74) is 0.317. The van der Waals surface area contributed by atoms with E-state index in [2.05, 4.69) is 5.32 Å². The van der Waals surface area contributed by atoms with Crippen LogP contribution in [0.15, 0.2) is 18.2 Å². The molecule has 0 spiro atoms. The van der Waals surface area contributed by atoms with E-state index in [9.17, 15) is 19.7 Å². The summed E-state index contributed by atoms with van der Waals surface area (Å²) in [6, 6.07) is 4.46. The van der Waals surface area contributed by atoms with E-state index in [1.54, 1.807) is 37.8 Å². The third-order valence-electron chi connectivity index (χ3n) is 4.48. The van der Waals surface area contributed by atoms with E-state index >= 15 is 0 Å². The Bertz CT molecular complexity index is 742. The van der Waals surface area contributed by atoms with Gasteiger partial charge in [-0.05, 0) is 46.1 Å². The number of alkyl carbamates (subject to hydrolysis) is 1. The van der Waals surface area contributed by atoms with Gasteiger partial charge in [0.2, 0.25) is 0 Å². The average molecular weight is 391 g/mol. The molecule has 1 N–H and O–H groups in total. The maximum Gasteiger partial charge on any atom is 0.407 e. The topological polar surface area (TPSA) is 102 Å². The van der Waals surface area contributed by atoms with E-state index in [1.807, 2.05) is 6.92 Å². The van der Waals surface area contributed by atoms with Crippen molar-refractivity contribution in [2.24, 2.45) is 0 Å². The molecular weight excluding hydrogens is 362 g/mol. The van der Waals surface area contributed by atoms with Crippen LogP contribution < -0.4 is 5.32 Å². The van der Waals surface area contributed by atoms with Gasteiger partial charge >= 0.3 is 6.09 Å². The van der Waals surface area contributed by atoms with E-state index < -0.39 is 16.6 Å². The number of benzene rings is 1. The minimum absolute atomic E-state index is 0.0202. The number of ether oxygens (including phenoxy) is 1. The molecule has 8 nitrogen and oxygen atoms in total. The van der Waals surface area contributed by atoms with Crippen LogP contribution in [0.25, 0.3) is 0 Å². The normalized spacial score (nSPS) is 17.1. The maximum atomic E-state index is 12.9. The smallest absolute Gasteiger partial charge is 0.407 e. The molecule has 154 valence electrons. The van der Waals surface area contributed by atoms with Gasteiger partial charge in [-0.1, -0.05) is 19.4 Å². The minimum atomic E-state index is -0.590. The standard InChI is InChI=1S/C20H29N3O5/c1-5-7-14-9-10-15(12-17(14)23(26)27)18(24)22-11-6-8-16(13-22)21-19(25)28-20(2,3)4/h9-10,12,16H,5-8,11,13H2,1-4H3,(H,21,25)/t16-/m1/s1. The molecule has 0 aliphatic carbocycles. The van der Waals surface area contributed by atoms with Gasteiger partial charge in [0.25, 0.3) is 11.6 Å². The predicted molar refractivity (Wildman–Crippen MR) is 105 cm³/mol. The van der Waals surface area contributed by atoms with Gasteiger partial charge in [-0.25, -0.2) is 4.79 Å². The van der Waals surface area contributed by atoms with Crippen LogP contribution in [0.1, 0.15) is 62.9 Å². The van der Waals surface area contributed by atoms with Crippen molar-refractivity contribution in [1.29, 1.82) is 0 Å². The predicted octanol–water partition coefficient (Wildman–Crippen LogP) is 3.68. The van der Waals surface area contributed by atoms with Gasteiger partial charge in [-0.3, -0.25) is 14.9 Å². The van der Waals surface area contributed by atoms with E-state index in [4.69, 9.17) is 4.74 Å². The van der Waals surface area contributed by atoms with Crippen LogP contribution in [0.4, 0.5) is 10.5 Å². The third-order valence-corrected chi connectivity index (χ3v) is 4.48. The minimum Gasteiger partial charge on any atom is -0.444 e. The molecule has 0 unspecified atom stereocenters. The fourth-order valence-corrected chi connectivity index (χ4v) is 3.28. The van der Waals surface area contributed by atoms with Crippen LogP contribution in [0.3, 0.4) is 0 Å². The number of carbonyl (C=O) groups is 2. The second-order valence-corrected chi connectivity index (χ2v) is 8.09. The molecule has 0 radical (unpaired) electrons. The Morgan fingerprint density at radius 2 is 2.07 bits per heavy atom. The first-order chi connectivity index (χ1) is 13.1. The molecule has 28 heavy (non-hydrogen) atoms. The molecule has 1 aliphatic heterocycles.